The number of carbonyl (C=O) groups excluding carboxylic acids is 2. The van der Waals surface area contributed by atoms with E-state index in [0.717, 1.165) is 16.9 Å². The molecule has 0 saturated carbocycles. The van der Waals surface area contributed by atoms with Gasteiger partial charge in [-0.2, -0.15) is 0 Å². The molecule has 0 saturated heterocycles. The first-order valence-corrected chi connectivity index (χ1v) is 9.34. The number of rotatable bonds is 6. The van der Waals surface area contributed by atoms with Gasteiger partial charge in [-0.1, -0.05) is 23.7 Å². The quantitative estimate of drug-likeness (QED) is 0.821. The Balaban J connectivity index is 1.91. The Kier molecular flexibility index (Phi) is 6.91. The minimum atomic E-state index is -0.163. The molecule has 2 amide bonds. The van der Waals surface area contributed by atoms with Crippen LogP contribution in [0.5, 0.6) is 0 Å². The average Bonchev–Trinajstić information content (AvgIpc) is 2.58. The molecule has 1 N–H and O–H groups in total. The summed E-state index contributed by atoms with van der Waals surface area (Å²) in [5.41, 5.74) is 3.30. The molecular weight excluding hydrogens is 356 g/mol. The van der Waals surface area contributed by atoms with Crippen LogP contribution in [0, 0.1) is 6.92 Å². The van der Waals surface area contributed by atoms with Crippen LogP contribution in [0.2, 0.25) is 5.02 Å². The second-order valence-corrected chi connectivity index (χ2v) is 7.29. The summed E-state index contributed by atoms with van der Waals surface area (Å²) in [7, 11) is 3.50. The van der Waals surface area contributed by atoms with Crippen LogP contribution in [0.3, 0.4) is 0 Å². The van der Waals surface area contributed by atoms with Crippen LogP contribution in [-0.4, -0.2) is 36.6 Å². The van der Waals surface area contributed by atoms with E-state index in [2.05, 4.69) is 5.32 Å². The molecule has 2 aromatic rings. The number of nitrogens with one attached hydrogen (secondary N) is 1. The first kappa shape index (κ1) is 19.3. The van der Waals surface area contributed by atoms with E-state index in [4.69, 9.17) is 11.6 Å². The highest BCUT2D eigenvalue weighted by atomic mass is 35.5. The van der Waals surface area contributed by atoms with Gasteiger partial charge in [-0.15, -0.1) is 11.8 Å². The zero-order chi connectivity index (χ0) is 18.4. The Labute approximate surface area is 157 Å². The van der Waals surface area contributed by atoms with Crippen molar-refractivity contribution in [2.24, 2.45) is 0 Å². The first-order chi connectivity index (χ1) is 11.9. The van der Waals surface area contributed by atoms with E-state index in [9.17, 15) is 9.59 Å². The van der Waals surface area contributed by atoms with Crippen molar-refractivity contribution in [2.75, 3.05) is 25.2 Å². The van der Waals surface area contributed by atoms with Crippen molar-refractivity contribution in [1.82, 2.24) is 4.90 Å². The second-order valence-electron chi connectivity index (χ2n) is 5.90. The smallest absolute Gasteiger partial charge is 0.255 e. The number of amides is 2. The molecule has 0 spiro atoms. The van der Waals surface area contributed by atoms with E-state index in [1.807, 2.05) is 25.1 Å². The summed E-state index contributed by atoms with van der Waals surface area (Å²) >= 11 is 7.55. The molecule has 132 valence electrons. The van der Waals surface area contributed by atoms with Gasteiger partial charge < -0.3 is 10.2 Å². The minimum Gasteiger partial charge on any atom is -0.348 e. The summed E-state index contributed by atoms with van der Waals surface area (Å²) in [6.07, 6.45) is 0. The average molecular weight is 377 g/mol. The van der Waals surface area contributed by atoms with Gasteiger partial charge in [0.2, 0.25) is 5.91 Å². The van der Waals surface area contributed by atoms with Crippen molar-refractivity contribution in [3.63, 3.8) is 0 Å². The molecule has 25 heavy (non-hydrogen) atoms. The largest absolute Gasteiger partial charge is 0.348 e. The van der Waals surface area contributed by atoms with Crippen LogP contribution in [0.15, 0.2) is 42.5 Å². The number of thioether (sulfide) groups is 1. The van der Waals surface area contributed by atoms with Gasteiger partial charge in [-0.05, 0) is 48.4 Å². The van der Waals surface area contributed by atoms with Gasteiger partial charge in [0.05, 0.1) is 5.75 Å². The van der Waals surface area contributed by atoms with Crippen LogP contribution in [0.4, 0.5) is 5.69 Å². The van der Waals surface area contributed by atoms with E-state index in [0.29, 0.717) is 22.0 Å². The van der Waals surface area contributed by atoms with Crippen molar-refractivity contribution < 1.29 is 9.59 Å². The van der Waals surface area contributed by atoms with E-state index in [-0.39, 0.29) is 11.8 Å². The van der Waals surface area contributed by atoms with Crippen molar-refractivity contribution in [2.45, 2.75) is 12.7 Å². The van der Waals surface area contributed by atoms with Crippen molar-refractivity contribution in [3.05, 3.63) is 64.2 Å². The lowest BCUT2D eigenvalue weighted by molar-refractivity contribution is -0.125. The predicted octanol–water partition coefficient (Wildman–Crippen LogP) is 4.22. The number of anilines is 1. The fourth-order valence-corrected chi connectivity index (χ4v) is 3.14. The monoisotopic (exact) mass is 376 g/mol. The maximum atomic E-state index is 12.3. The first-order valence-electron chi connectivity index (χ1n) is 7.81. The van der Waals surface area contributed by atoms with E-state index in [1.54, 1.807) is 55.0 Å². The molecule has 2 aromatic carbocycles. The van der Waals surface area contributed by atoms with E-state index in [1.165, 1.54) is 0 Å². The Morgan fingerprint density at radius 1 is 1.12 bits per heavy atom. The standard InChI is InChI=1S/C19H21ClN2O2S/c1-13-10-16(8-9-17(13)20)21-19(24)15-6-4-14(5-7-15)11-25-12-18(23)22(2)3/h4-10H,11-12H2,1-3H3,(H,21,24). The molecule has 0 bridgehead atoms. The zero-order valence-electron chi connectivity index (χ0n) is 14.5. The molecule has 6 heteroatoms. The number of benzene rings is 2. The van der Waals surface area contributed by atoms with Crippen molar-refractivity contribution in [3.8, 4) is 0 Å². The van der Waals surface area contributed by atoms with Gasteiger partial charge in [0.25, 0.3) is 5.91 Å². The fourth-order valence-electron chi connectivity index (χ4n) is 2.06. The van der Waals surface area contributed by atoms with E-state index >= 15 is 0 Å². The Hall–Kier alpha value is -1.98. The van der Waals surface area contributed by atoms with Gasteiger partial charge >= 0.3 is 0 Å². The highest BCUT2D eigenvalue weighted by molar-refractivity contribution is 7.99. The number of nitrogens with zero attached hydrogens (tertiary/aromatic N) is 1. The predicted molar refractivity (Wildman–Crippen MR) is 105 cm³/mol. The summed E-state index contributed by atoms with van der Waals surface area (Å²) in [6, 6.07) is 12.8. The summed E-state index contributed by atoms with van der Waals surface area (Å²) in [5, 5.41) is 3.54. The van der Waals surface area contributed by atoms with Gasteiger partial charge in [0, 0.05) is 36.1 Å². The van der Waals surface area contributed by atoms with Gasteiger partial charge in [-0.25, -0.2) is 0 Å². The molecule has 0 aromatic heterocycles. The fraction of sp³-hybridized carbons (Fsp3) is 0.263. The minimum absolute atomic E-state index is 0.0965. The third-order valence-electron chi connectivity index (χ3n) is 3.63. The van der Waals surface area contributed by atoms with E-state index < -0.39 is 0 Å². The number of aryl methyl sites for hydroxylation is 1. The topological polar surface area (TPSA) is 49.4 Å². The SMILES string of the molecule is Cc1cc(NC(=O)c2ccc(CSCC(=O)N(C)C)cc2)ccc1Cl. The zero-order valence-corrected chi connectivity index (χ0v) is 16.1. The summed E-state index contributed by atoms with van der Waals surface area (Å²) < 4.78 is 0. The molecule has 0 aliphatic heterocycles. The third kappa shape index (κ3) is 5.80. The lowest BCUT2D eigenvalue weighted by Crippen LogP contribution is -2.23. The molecule has 0 unspecified atom stereocenters. The van der Waals surface area contributed by atoms with Crippen LogP contribution in [0.1, 0.15) is 21.5 Å². The molecule has 0 aliphatic rings. The molecule has 0 heterocycles. The highest BCUT2D eigenvalue weighted by Gasteiger charge is 2.08. The Bertz CT molecular complexity index is 761. The maximum Gasteiger partial charge on any atom is 0.255 e. The number of carbonyl (C=O) groups is 2. The van der Waals surface area contributed by atoms with Gasteiger partial charge in [-0.3, -0.25) is 9.59 Å². The van der Waals surface area contributed by atoms with Crippen LogP contribution >= 0.6 is 23.4 Å². The molecule has 0 fully saturated rings. The molecule has 0 atom stereocenters. The lowest BCUT2D eigenvalue weighted by Gasteiger charge is -2.10. The van der Waals surface area contributed by atoms with Crippen molar-refractivity contribution in [1.29, 1.82) is 0 Å². The Morgan fingerprint density at radius 2 is 1.80 bits per heavy atom. The maximum absolute atomic E-state index is 12.3. The molecular formula is C19H21ClN2O2S. The molecule has 0 radical (unpaired) electrons. The summed E-state index contributed by atoms with van der Waals surface area (Å²) in [5.74, 6) is 1.12. The van der Waals surface area contributed by atoms with Crippen molar-refractivity contribution >= 4 is 40.9 Å². The number of hydrogen-bond acceptors (Lipinski definition) is 3. The van der Waals surface area contributed by atoms with Gasteiger partial charge in [0.1, 0.15) is 0 Å². The third-order valence-corrected chi connectivity index (χ3v) is 5.04. The summed E-state index contributed by atoms with van der Waals surface area (Å²) in [4.78, 5) is 25.4. The van der Waals surface area contributed by atoms with Crippen LogP contribution in [-0.2, 0) is 10.5 Å². The van der Waals surface area contributed by atoms with Crippen LogP contribution in [0.25, 0.3) is 0 Å². The number of hydrogen-bond donors (Lipinski definition) is 1. The molecule has 0 aliphatic carbocycles. The Morgan fingerprint density at radius 3 is 2.40 bits per heavy atom. The summed E-state index contributed by atoms with van der Waals surface area (Å²) in [6.45, 7) is 1.89. The number of halogens is 1. The van der Waals surface area contributed by atoms with Gasteiger partial charge in [0.15, 0.2) is 0 Å². The highest BCUT2D eigenvalue weighted by Crippen LogP contribution is 2.20. The second kappa shape index (κ2) is 8.92. The lowest BCUT2D eigenvalue weighted by atomic mass is 10.1. The molecule has 4 nitrogen and oxygen atoms in total. The normalized spacial score (nSPS) is 10.4. The van der Waals surface area contributed by atoms with Crippen LogP contribution < -0.4 is 5.32 Å². The molecule has 2 rings (SSSR count).